The van der Waals surface area contributed by atoms with E-state index in [4.69, 9.17) is 4.74 Å². The lowest BCUT2D eigenvalue weighted by molar-refractivity contribution is 0.0359. The average molecular weight is 197 g/mol. The van der Waals surface area contributed by atoms with Crippen LogP contribution in [0.5, 0.6) is 0 Å². The first-order chi connectivity index (χ1) is 6.52. The summed E-state index contributed by atoms with van der Waals surface area (Å²) in [6, 6.07) is 0. The first-order valence-corrected chi connectivity index (χ1v) is 5.85. The number of rotatable bonds is 2. The van der Waals surface area contributed by atoms with Crippen molar-refractivity contribution < 1.29 is 4.74 Å². The van der Waals surface area contributed by atoms with E-state index < -0.39 is 0 Å². The van der Waals surface area contributed by atoms with Crippen molar-refractivity contribution in [1.29, 1.82) is 0 Å². The molecule has 1 saturated carbocycles. The van der Waals surface area contributed by atoms with Crippen molar-refractivity contribution in [1.82, 2.24) is 5.32 Å². The summed E-state index contributed by atoms with van der Waals surface area (Å²) in [5.41, 5.74) is 0.843. The van der Waals surface area contributed by atoms with Crippen molar-refractivity contribution >= 4 is 0 Å². The Bertz CT molecular complexity index is 201. The lowest BCUT2D eigenvalue weighted by Gasteiger charge is -2.25. The maximum Gasteiger partial charge on any atom is 0.0525 e. The molecule has 0 aromatic heterocycles. The van der Waals surface area contributed by atoms with E-state index in [1.807, 2.05) is 0 Å². The summed E-state index contributed by atoms with van der Waals surface area (Å²) in [6.45, 7) is 9.88. The minimum absolute atomic E-state index is 0.263. The van der Waals surface area contributed by atoms with Crippen LogP contribution in [0.4, 0.5) is 0 Å². The summed E-state index contributed by atoms with van der Waals surface area (Å²) in [5.74, 6) is 0.877. The Hall–Kier alpha value is -0.0800. The summed E-state index contributed by atoms with van der Waals surface area (Å²) in [5, 5.41) is 3.60. The van der Waals surface area contributed by atoms with Gasteiger partial charge in [0, 0.05) is 12.1 Å². The van der Waals surface area contributed by atoms with E-state index in [0.29, 0.717) is 5.41 Å². The summed E-state index contributed by atoms with van der Waals surface area (Å²) in [4.78, 5) is 0. The molecular weight excluding hydrogens is 174 g/mol. The van der Waals surface area contributed by atoms with E-state index in [-0.39, 0.29) is 5.54 Å². The van der Waals surface area contributed by atoms with Gasteiger partial charge in [-0.3, -0.25) is 0 Å². The van der Waals surface area contributed by atoms with Crippen LogP contribution in [0.1, 0.15) is 40.0 Å². The molecule has 2 nitrogen and oxygen atoms in total. The van der Waals surface area contributed by atoms with E-state index in [2.05, 4.69) is 26.1 Å². The van der Waals surface area contributed by atoms with Crippen molar-refractivity contribution in [3.63, 3.8) is 0 Å². The van der Waals surface area contributed by atoms with Crippen molar-refractivity contribution in [3.8, 4) is 0 Å². The van der Waals surface area contributed by atoms with Gasteiger partial charge in [0.25, 0.3) is 0 Å². The van der Waals surface area contributed by atoms with Crippen LogP contribution >= 0.6 is 0 Å². The van der Waals surface area contributed by atoms with Gasteiger partial charge in [0.15, 0.2) is 0 Å². The van der Waals surface area contributed by atoms with Gasteiger partial charge in [-0.25, -0.2) is 0 Å². The van der Waals surface area contributed by atoms with Gasteiger partial charge in [-0.1, -0.05) is 0 Å². The zero-order valence-corrected chi connectivity index (χ0v) is 9.73. The van der Waals surface area contributed by atoms with Gasteiger partial charge in [-0.2, -0.15) is 0 Å². The lowest BCUT2D eigenvalue weighted by atomic mass is 9.96. The van der Waals surface area contributed by atoms with Crippen LogP contribution in [-0.2, 0) is 4.74 Å². The molecule has 0 amide bonds. The van der Waals surface area contributed by atoms with Crippen LogP contribution in [0.15, 0.2) is 0 Å². The van der Waals surface area contributed by atoms with Crippen molar-refractivity contribution in [2.75, 3.05) is 19.8 Å². The smallest absolute Gasteiger partial charge is 0.0525 e. The second-order valence-corrected chi connectivity index (χ2v) is 6.05. The summed E-state index contributed by atoms with van der Waals surface area (Å²) < 4.78 is 5.58. The summed E-state index contributed by atoms with van der Waals surface area (Å²) in [7, 11) is 0. The minimum Gasteiger partial charge on any atom is -0.381 e. The Morgan fingerprint density at radius 3 is 2.79 bits per heavy atom. The molecule has 2 rings (SSSR count). The van der Waals surface area contributed by atoms with E-state index in [1.165, 1.54) is 25.8 Å². The molecule has 14 heavy (non-hydrogen) atoms. The molecule has 0 radical (unpaired) electrons. The molecule has 0 aromatic carbocycles. The first-order valence-electron chi connectivity index (χ1n) is 5.85. The van der Waals surface area contributed by atoms with Crippen molar-refractivity contribution in [2.45, 2.75) is 45.6 Å². The van der Waals surface area contributed by atoms with E-state index in [9.17, 15) is 0 Å². The van der Waals surface area contributed by atoms with E-state index in [1.54, 1.807) is 0 Å². The fourth-order valence-corrected chi connectivity index (χ4v) is 2.51. The standard InChI is InChI=1S/C12H23NO/c1-11(2,3)13-8-10-7-12(10)5-4-6-14-9-12/h10,13H,4-9H2,1-3H3. The Labute approximate surface area is 87.4 Å². The minimum atomic E-state index is 0.263. The highest BCUT2D eigenvalue weighted by Crippen LogP contribution is 2.57. The third kappa shape index (κ3) is 2.29. The maximum atomic E-state index is 5.58. The number of hydrogen-bond donors (Lipinski definition) is 1. The molecule has 1 N–H and O–H groups in total. The average Bonchev–Trinajstić information content (AvgIpc) is 2.76. The molecule has 2 unspecified atom stereocenters. The third-order valence-electron chi connectivity index (χ3n) is 3.59. The van der Waals surface area contributed by atoms with Crippen LogP contribution in [-0.4, -0.2) is 25.3 Å². The molecular formula is C12H23NO. The van der Waals surface area contributed by atoms with Gasteiger partial charge in [0.2, 0.25) is 0 Å². The topological polar surface area (TPSA) is 21.3 Å². The molecule has 2 atom stereocenters. The van der Waals surface area contributed by atoms with Crippen LogP contribution in [0.3, 0.4) is 0 Å². The molecule has 1 heterocycles. The Kier molecular flexibility index (Phi) is 2.61. The second kappa shape index (κ2) is 3.49. The van der Waals surface area contributed by atoms with Crippen LogP contribution in [0.2, 0.25) is 0 Å². The normalized spacial score (nSPS) is 37.5. The van der Waals surface area contributed by atoms with E-state index >= 15 is 0 Å². The van der Waals surface area contributed by atoms with Gasteiger partial charge >= 0.3 is 0 Å². The third-order valence-corrected chi connectivity index (χ3v) is 3.59. The Morgan fingerprint density at radius 2 is 2.21 bits per heavy atom. The lowest BCUT2D eigenvalue weighted by Crippen LogP contribution is -2.38. The molecule has 1 saturated heterocycles. The molecule has 0 bridgehead atoms. The number of nitrogens with one attached hydrogen (secondary N) is 1. The maximum absolute atomic E-state index is 5.58. The van der Waals surface area contributed by atoms with Gasteiger partial charge in [0.1, 0.15) is 0 Å². The highest BCUT2D eigenvalue weighted by Gasteiger charge is 2.54. The molecule has 2 heteroatoms. The van der Waals surface area contributed by atoms with Gasteiger partial charge in [0.05, 0.1) is 6.61 Å². The summed E-state index contributed by atoms with van der Waals surface area (Å²) in [6.07, 6.45) is 4.05. The van der Waals surface area contributed by atoms with Crippen LogP contribution in [0.25, 0.3) is 0 Å². The molecule has 82 valence electrons. The predicted octanol–water partition coefficient (Wildman–Crippen LogP) is 2.19. The molecule has 0 aromatic rings. The molecule has 2 fully saturated rings. The fraction of sp³-hybridized carbons (Fsp3) is 1.00. The Balaban J connectivity index is 1.75. The molecule has 1 spiro atoms. The van der Waals surface area contributed by atoms with Gasteiger partial charge < -0.3 is 10.1 Å². The van der Waals surface area contributed by atoms with Crippen LogP contribution in [0, 0.1) is 11.3 Å². The number of ether oxygens (including phenoxy) is 1. The highest BCUT2D eigenvalue weighted by atomic mass is 16.5. The second-order valence-electron chi connectivity index (χ2n) is 6.05. The molecule has 2 aliphatic rings. The largest absolute Gasteiger partial charge is 0.381 e. The molecule has 1 aliphatic heterocycles. The SMILES string of the molecule is CC(C)(C)NCC1CC12CCCOC2. The fourth-order valence-electron chi connectivity index (χ4n) is 2.51. The van der Waals surface area contributed by atoms with Gasteiger partial charge in [-0.05, 0) is 57.9 Å². The quantitative estimate of drug-likeness (QED) is 0.732. The summed E-state index contributed by atoms with van der Waals surface area (Å²) >= 11 is 0. The van der Waals surface area contributed by atoms with E-state index in [0.717, 1.165) is 19.1 Å². The van der Waals surface area contributed by atoms with Crippen LogP contribution < -0.4 is 5.32 Å². The van der Waals surface area contributed by atoms with Gasteiger partial charge in [-0.15, -0.1) is 0 Å². The monoisotopic (exact) mass is 197 g/mol. The highest BCUT2D eigenvalue weighted by molar-refractivity contribution is 5.04. The zero-order chi connectivity index (χ0) is 10.2. The van der Waals surface area contributed by atoms with Crippen molar-refractivity contribution in [2.24, 2.45) is 11.3 Å². The molecule has 1 aliphatic carbocycles. The van der Waals surface area contributed by atoms with Crippen molar-refractivity contribution in [3.05, 3.63) is 0 Å². The number of hydrogen-bond acceptors (Lipinski definition) is 2. The zero-order valence-electron chi connectivity index (χ0n) is 9.73. The Morgan fingerprint density at radius 1 is 1.43 bits per heavy atom. The first kappa shape index (κ1) is 10.4. The predicted molar refractivity (Wildman–Crippen MR) is 58.3 cm³/mol.